The van der Waals surface area contributed by atoms with Crippen LogP contribution in [0.5, 0.6) is 0 Å². The highest BCUT2D eigenvalue weighted by molar-refractivity contribution is 4.97. The average Bonchev–Trinajstić information content (AvgIpc) is 3.72. The summed E-state index contributed by atoms with van der Waals surface area (Å²) in [4.78, 5) is 2.85. The molecule has 2 aliphatic heterocycles. The lowest BCUT2D eigenvalue weighted by molar-refractivity contribution is -0.0187. The van der Waals surface area contributed by atoms with Gasteiger partial charge in [0.15, 0.2) is 0 Å². The van der Waals surface area contributed by atoms with Crippen LogP contribution >= 0.6 is 0 Å². The Labute approximate surface area is 383 Å². The van der Waals surface area contributed by atoms with Crippen molar-refractivity contribution in [3.63, 3.8) is 0 Å². The summed E-state index contributed by atoms with van der Waals surface area (Å²) in [5.74, 6) is 12.1. The zero-order valence-electron chi connectivity index (χ0n) is 42.8. The Hall–Kier alpha value is -0.160. The molecular formula is C57H110N4. The number of piperidine rings is 1. The fourth-order valence-corrected chi connectivity index (χ4v) is 16.1. The lowest BCUT2D eigenvalue weighted by atomic mass is 9.54. The molecule has 0 amide bonds. The lowest BCUT2D eigenvalue weighted by Crippen LogP contribution is -2.46. The summed E-state index contributed by atoms with van der Waals surface area (Å²) in [6.07, 6.45) is 40.0. The van der Waals surface area contributed by atoms with E-state index in [4.69, 9.17) is 0 Å². The van der Waals surface area contributed by atoms with Crippen molar-refractivity contribution in [1.82, 2.24) is 20.9 Å². The second-order valence-electron chi connectivity index (χ2n) is 23.1. The number of fused-ring (bicyclic) bond motifs is 1. The monoisotopic (exact) mass is 851 g/mol. The maximum absolute atomic E-state index is 4.17. The average molecular weight is 852 g/mol. The minimum Gasteiger partial charge on any atom is -0.315 e. The molecule has 4 nitrogen and oxygen atoms in total. The fraction of sp³-hybridized carbons (Fsp3) is 1.00. The quantitative estimate of drug-likeness (QED) is 0.0733. The van der Waals surface area contributed by atoms with E-state index in [-0.39, 0.29) is 0 Å². The minimum atomic E-state index is 0.660. The van der Waals surface area contributed by atoms with Gasteiger partial charge in [-0.1, -0.05) is 152 Å². The highest BCUT2D eigenvalue weighted by Crippen LogP contribution is 2.55. The Bertz CT molecular complexity index is 1110. The van der Waals surface area contributed by atoms with Crippen molar-refractivity contribution in [3.05, 3.63) is 0 Å². The van der Waals surface area contributed by atoms with Crippen LogP contribution in [0.25, 0.3) is 0 Å². The SMILES string of the molecule is CCCNC(CNCC)C1CCC(C(CCC)C2CCCCC2C(CCC)C(CCC)C2CCCCC2C(CCC)C(C)CCC(C)C2CN3CC(CCC)CCC3N2)CC1. The van der Waals surface area contributed by atoms with E-state index in [2.05, 4.69) is 83.2 Å². The molecule has 0 spiro atoms. The van der Waals surface area contributed by atoms with Gasteiger partial charge in [0, 0.05) is 31.7 Å². The predicted octanol–water partition coefficient (Wildman–Crippen LogP) is 14.9. The number of nitrogens with zero attached hydrogens (tertiary/aromatic N) is 1. The zero-order chi connectivity index (χ0) is 43.6. The van der Waals surface area contributed by atoms with E-state index in [9.17, 15) is 0 Å². The van der Waals surface area contributed by atoms with Crippen LogP contribution in [-0.4, -0.2) is 55.9 Å². The van der Waals surface area contributed by atoms with Crippen molar-refractivity contribution in [2.24, 2.45) is 76.9 Å². The van der Waals surface area contributed by atoms with Gasteiger partial charge in [-0.15, -0.1) is 0 Å². The van der Waals surface area contributed by atoms with Crippen molar-refractivity contribution in [1.29, 1.82) is 0 Å². The standard InChI is InChI=1S/C57H110N4/c1-10-21-44-32-37-57-60-56(41-61(57)40-44)43(9)31-30-42(8)47(22-11-2)51-26-17-19-28-53(51)49(24-13-4)50(25-14-5)54-29-20-18-27-52(54)48(23-12-3)45-33-35-46(36-34-45)55(39-58-16-7)59-38-15-6/h42-60H,10-41H2,1-9H3. The molecule has 14 unspecified atom stereocenters. The molecule has 2 heterocycles. The summed E-state index contributed by atoms with van der Waals surface area (Å²) in [5, 5.41) is 11.9. The normalized spacial score (nSPS) is 33.7. The van der Waals surface area contributed by atoms with Gasteiger partial charge in [0.1, 0.15) is 0 Å². The molecule has 3 N–H and O–H groups in total. The Morgan fingerprint density at radius 2 is 1.11 bits per heavy atom. The van der Waals surface area contributed by atoms with Gasteiger partial charge in [-0.05, 0) is 173 Å². The van der Waals surface area contributed by atoms with Crippen molar-refractivity contribution in [2.45, 2.75) is 254 Å². The smallest absolute Gasteiger partial charge is 0.0600 e. The molecular weight excluding hydrogens is 741 g/mol. The molecule has 0 bridgehead atoms. The number of rotatable bonds is 28. The van der Waals surface area contributed by atoms with Gasteiger partial charge in [0.25, 0.3) is 0 Å². The van der Waals surface area contributed by atoms with Gasteiger partial charge in [0.05, 0.1) is 6.17 Å². The summed E-state index contributed by atoms with van der Waals surface area (Å²) in [6.45, 7) is 28.6. The molecule has 0 aromatic carbocycles. The van der Waals surface area contributed by atoms with Gasteiger partial charge < -0.3 is 10.6 Å². The summed E-state index contributed by atoms with van der Waals surface area (Å²) < 4.78 is 0. The molecule has 4 heteroatoms. The fourth-order valence-electron chi connectivity index (χ4n) is 16.1. The van der Waals surface area contributed by atoms with Crippen LogP contribution in [0.2, 0.25) is 0 Å². The van der Waals surface area contributed by atoms with Gasteiger partial charge in [-0.3, -0.25) is 10.2 Å². The first-order valence-corrected chi connectivity index (χ1v) is 28.8. The Morgan fingerprint density at radius 3 is 1.70 bits per heavy atom. The van der Waals surface area contributed by atoms with Crippen molar-refractivity contribution >= 4 is 0 Å². The minimum absolute atomic E-state index is 0.660. The highest BCUT2D eigenvalue weighted by atomic mass is 15.3. The van der Waals surface area contributed by atoms with E-state index in [1.165, 1.54) is 174 Å². The summed E-state index contributed by atoms with van der Waals surface area (Å²) in [7, 11) is 0. The van der Waals surface area contributed by atoms with E-state index in [1.807, 2.05) is 0 Å². The summed E-state index contributed by atoms with van der Waals surface area (Å²) in [5.41, 5.74) is 0. The maximum Gasteiger partial charge on any atom is 0.0600 e. The zero-order valence-corrected chi connectivity index (χ0v) is 42.8. The van der Waals surface area contributed by atoms with Gasteiger partial charge in [-0.25, -0.2) is 0 Å². The van der Waals surface area contributed by atoms with Crippen LogP contribution in [0.3, 0.4) is 0 Å². The lowest BCUT2D eigenvalue weighted by Gasteiger charge is -2.51. The molecule has 2 saturated heterocycles. The second kappa shape index (κ2) is 28.1. The number of hydrogen-bond donors (Lipinski definition) is 3. The molecule has 5 fully saturated rings. The van der Waals surface area contributed by atoms with E-state index in [0.29, 0.717) is 18.2 Å². The van der Waals surface area contributed by atoms with Crippen molar-refractivity contribution in [3.8, 4) is 0 Å². The molecule has 14 atom stereocenters. The Balaban J connectivity index is 1.29. The molecule has 358 valence electrons. The number of nitrogens with one attached hydrogen (secondary N) is 3. The van der Waals surface area contributed by atoms with Gasteiger partial charge >= 0.3 is 0 Å². The predicted molar refractivity (Wildman–Crippen MR) is 268 cm³/mol. The molecule has 5 rings (SSSR count). The van der Waals surface area contributed by atoms with Crippen LogP contribution in [-0.2, 0) is 0 Å². The van der Waals surface area contributed by atoms with E-state index in [0.717, 1.165) is 90.0 Å². The third-order valence-corrected chi connectivity index (χ3v) is 19.1. The summed E-state index contributed by atoms with van der Waals surface area (Å²) in [6, 6.07) is 1.36. The Kier molecular flexibility index (Phi) is 23.9. The van der Waals surface area contributed by atoms with Crippen LogP contribution in [0, 0.1) is 76.9 Å². The van der Waals surface area contributed by atoms with Gasteiger partial charge in [0.2, 0.25) is 0 Å². The summed E-state index contributed by atoms with van der Waals surface area (Å²) >= 11 is 0. The third kappa shape index (κ3) is 14.7. The highest BCUT2D eigenvalue weighted by Gasteiger charge is 2.47. The topological polar surface area (TPSA) is 39.3 Å². The van der Waals surface area contributed by atoms with E-state index in [1.54, 1.807) is 19.3 Å². The maximum atomic E-state index is 4.17. The first-order chi connectivity index (χ1) is 29.8. The number of hydrogen-bond acceptors (Lipinski definition) is 4. The molecule has 3 saturated carbocycles. The first-order valence-electron chi connectivity index (χ1n) is 28.8. The second-order valence-corrected chi connectivity index (χ2v) is 23.1. The largest absolute Gasteiger partial charge is 0.315 e. The molecule has 0 aromatic rings. The first kappa shape index (κ1) is 51.8. The molecule has 0 aromatic heterocycles. The van der Waals surface area contributed by atoms with Crippen molar-refractivity contribution < 1.29 is 0 Å². The molecule has 5 aliphatic rings. The van der Waals surface area contributed by atoms with Crippen LogP contribution in [0.4, 0.5) is 0 Å². The van der Waals surface area contributed by atoms with E-state index < -0.39 is 0 Å². The molecule has 0 radical (unpaired) electrons. The van der Waals surface area contributed by atoms with E-state index >= 15 is 0 Å². The van der Waals surface area contributed by atoms with Crippen molar-refractivity contribution in [2.75, 3.05) is 32.7 Å². The van der Waals surface area contributed by atoms with Crippen LogP contribution in [0.1, 0.15) is 236 Å². The van der Waals surface area contributed by atoms with Gasteiger partial charge in [-0.2, -0.15) is 0 Å². The van der Waals surface area contributed by atoms with Crippen LogP contribution in [0.15, 0.2) is 0 Å². The third-order valence-electron chi connectivity index (χ3n) is 19.1. The number of likely N-dealkylation sites (N-methyl/N-ethyl adjacent to an activating group) is 1. The van der Waals surface area contributed by atoms with Crippen LogP contribution < -0.4 is 16.0 Å². The molecule has 3 aliphatic carbocycles. The molecule has 61 heavy (non-hydrogen) atoms. The Morgan fingerprint density at radius 1 is 0.541 bits per heavy atom.